The molecular weight excluding hydrogens is 311 g/mol. The van der Waals surface area contributed by atoms with Crippen molar-refractivity contribution in [2.45, 2.75) is 38.7 Å². The van der Waals surface area contributed by atoms with Crippen molar-refractivity contribution in [1.29, 1.82) is 0 Å². The molecule has 16 heavy (non-hydrogen) atoms. The molecule has 0 saturated heterocycles. The highest BCUT2D eigenvalue weighted by molar-refractivity contribution is 14.1. The van der Waals surface area contributed by atoms with Crippen molar-refractivity contribution in [3.8, 4) is 0 Å². The summed E-state index contributed by atoms with van der Waals surface area (Å²) in [5.41, 5.74) is 1.29. The standard InChI is InChI=1S/C14H19IO/c15-14-8-6-13(7-9-14)11-16-10-12-4-2-1-3-5-12/h6-9,12H,1-5,10-11H2. The van der Waals surface area contributed by atoms with Crippen molar-refractivity contribution in [1.82, 2.24) is 0 Å². The van der Waals surface area contributed by atoms with Gasteiger partial charge in [0.15, 0.2) is 0 Å². The Kier molecular flexibility index (Phi) is 5.10. The summed E-state index contributed by atoms with van der Waals surface area (Å²) in [6.07, 6.45) is 6.96. The van der Waals surface area contributed by atoms with Crippen LogP contribution in [0.3, 0.4) is 0 Å². The van der Waals surface area contributed by atoms with Crippen LogP contribution in [0.4, 0.5) is 0 Å². The molecule has 0 bridgehead atoms. The predicted octanol–water partition coefficient (Wildman–Crippen LogP) is 4.39. The van der Waals surface area contributed by atoms with E-state index < -0.39 is 0 Å². The molecule has 1 aromatic carbocycles. The van der Waals surface area contributed by atoms with E-state index in [1.165, 1.54) is 41.2 Å². The lowest BCUT2D eigenvalue weighted by Gasteiger charge is -2.21. The Balaban J connectivity index is 1.69. The maximum atomic E-state index is 5.80. The fourth-order valence-corrected chi connectivity index (χ4v) is 2.64. The van der Waals surface area contributed by atoms with Gasteiger partial charge in [0.1, 0.15) is 0 Å². The van der Waals surface area contributed by atoms with Crippen molar-refractivity contribution < 1.29 is 4.74 Å². The molecule has 1 saturated carbocycles. The number of ether oxygens (including phenoxy) is 1. The summed E-state index contributed by atoms with van der Waals surface area (Å²) < 4.78 is 7.08. The number of halogens is 1. The minimum Gasteiger partial charge on any atom is -0.376 e. The van der Waals surface area contributed by atoms with Crippen LogP contribution in [0.25, 0.3) is 0 Å². The van der Waals surface area contributed by atoms with Crippen LogP contribution in [-0.2, 0) is 11.3 Å². The van der Waals surface area contributed by atoms with Crippen LogP contribution in [0.1, 0.15) is 37.7 Å². The van der Waals surface area contributed by atoms with Gasteiger partial charge < -0.3 is 4.74 Å². The SMILES string of the molecule is Ic1ccc(COCC2CCCCC2)cc1. The first-order chi connectivity index (χ1) is 7.84. The quantitative estimate of drug-likeness (QED) is 0.744. The van der Waals surface area contributed by atoms with E-state index in [9.17, 15) is 0 Å². The Morgan fingerprint density at radius 3 is 2.44 bits per heavy atom. The molecule has 0 aromatic heterocycles. The van der Waals surface area contributed by atoms with Gasteiger partial charge in [-0.25, -0.2) is 0 Å². The minimum absolute atomic E-state index is 0.771. The second-order valence-electron chi connectivity index (χ2n) is 4.65. The van der Waals surface area contributed by atoms with Crippen LogP contribution in [0.15, 0.2) is 24.3 Å². The number of benzene rings is 1. The molecule has 2 rings (SSSR count). The van der Waals surface area contributed by atoms with Crippen LogP contribution in [-0.4, -0.2) is 6.61 Å². The molecule has 0 N–H and O–H groups in total. The fourth-order valence-electron chi connectivity index (χ4n) is 2.28. The third-order valence-corrected chi connectivity index (χ3v) is 3.98. The van der Waals surface area contributed by atoms with E-state index in [1.807, 2.05) is 0 Å². The lowest BCUT2D eigenvalue weighted by molar-refractivity contribution is 0.0739. The van der Waals surface area contributed by atoms with Crippen LogP contribution in [0.2, 0.25) is 0 Å². The highest BCUT2D eigenvalue weighted by atomic mass is 127. The lowest BCUT2D eigenvalue weighted by Crippen LogP contribution is -2.13. The van der Waals surface area contributed by atoms with Gasteiger partial charge in [0, 0.05) is 10.2 Å². The van der Waals surface area contributed by atoms with Gasteiger partial charge in [0.05, 0.1) is 6.61 Å². The first-order valence-corrected chi connectivity index (χ1v) is 7.24. The third kappa shape index (κ3) is 4.06. The van der Waals surface area contributed by atoms with Gasteiger partial charge in [-0.3, -0.25) is 0 Å². The van der Waals surface area contributed by atoms with Crippen molar-refractivity contribution in [2.24, 2.45) is 5.92 Å². The van der Waals surface area contributed by atoms with E-state index in [0.29, 0.717) is 0 Å². The molecule has 2 heteroatoms. The zero-order valence-corrected chi connectivity index (χ0v) is 11.8. The molecular formula is C14H19IO. The zero-order chi connectivity index (χ0) is 11.2. The van der Waals surface area contributed by atoms with E-state index in [1.54, 1.807) is 0 Å². The van der Waals surface area contributed by atoms with E-state index in [4.69, 9.17) is 4.74 Å². The summed E-state index contributed by atoms with van der Waals surface area (Å²) >= 11 is 2.33. The Hall–Kier alpha value is -0.0900. The summed E-state index contributed by atoms with van der Waals surface area (Å²) in [6, 6.07) is 8.59. The van der Waals surface area contributed by atoms with Crippen molar-refractivity contribution in [3.05, 3.63) is 33.4 Å². The zero-order valence-electron chi connectivity index (χ0n) is 9.62. The highest BCUT2D eigenvalue weighted by Gasteiger charge is 2.12. The average molecular weight is 330 g/mol. The van der Waals surface area contributed by atoms with Crippen molar-refractivity contribution in [2.75, 3.05) is 6.61 Å². The topological polar surface area (TPSA) is 9.23 Å². The summed E-state index contributed by atoms with van der Waals surface area (Å²) in [5, 5.41) is 0. The molecule has 0 unspecified atom stereocenters. The minimum atomic E-state index is 0.771. The monoisotopic (exact) mass is 330 g/mol. The summed E-state index contributed by atoms with van der Waals surface area (Å²) in [5.74, 6) is 0.817. The number of hydrogen-bond acceptors (Lipinski definition) is 1. The molecule has 1 aliphatic rings. The van der Waals surface area contributed by atoms with Gasteiger partial charge in [-0.05, 0) is 59.0 Å². The van der Waals surface area contributed by atoms with Gasteiger partial charge in [-0.1, -0.05) is 31.4 Å². The number of rotatable bonds is 4. The summed E-state index contributed by atoms with van der Waals surface area (Å²) in [4.78, 5) is 0. The molecule has 0 atom stereocenters. The first-order valence-electron chi connectivity index (χ1n) is 6.17. The molecule has 1 nitrogen and oxygen atoms in total. The summed E-state index contributed by atoms with van der Waals surface area (Å²) in [6.45, 7) is 1.72. The Labute approximate surface area is 112 Å². The van der Waals surface area contributed by atoms with E-state index in [0.717, 1.165) is 19.1 Å². The molecule has 88 valence electrons. The van der Waals surface area contributed by atoms with Crippen LogP contribution in [0.5, 0.6) is 0 Å². The van der Waals surface area contributed by atoms with Crippen LogP contribution < -0.4 is 0 Å². The molecule has 0 amide bonds. The normalized spacial score (nSPS) is 17.6. The van der Waals surface area contributed by atoms with Crippen LogP contribution >= 0.6 is 22.6 Å². The first kappa shape index (κ1) is 12.4. The van der Waals surface area contributed by atoms with E-state index >= 15 is 0 Å². The summed E-state index contributed by atoms with van der Waals surface area (Å²) in [7, 11) is 0. The van der Waals surface area contributed by atoms with Crippen molar-refractivity contribution >= 4 is 22.6 Å². The van der Waals surface area contributed by atoms with Gasteiger partial charge >= 0.3 is 0 Å². The predicted molar refractivity (Wildman–Crippen MR) is 75.4 cm³/mol. The average Bonchev–Trinajstić information content (AvgIpc) is 2.33. The van der Waals surface area contributed by atoms with E-state index in [-0.39, 0.29) is 0 Å². The maximum absolute atomic E-state index is 5.80. The fraction of sp³-hybridized carbons (Fsp3) is 0.571. The van der Waals surface area contributed by atoms with Gasteiger partial charge in [0.2, 0.25) is 0 Å². The Morgan fingerprint density at radius 2 is 1.75 bits per heavy atom. The molecule has 1 aromatic rings. The third-order valence-electron chi connectivity index (χ3n) is 3.26. The molecule has 0 radical (unpaired) electrons. The van der Waals surface area contributed by atoms with Crippen LogP contribution in [0, 0.1) is 9.49 Å². The van der Waals surface area contributed by atoms with Gasteiger partial charge in [-0.15, -0.1) is 0 Å². The second kappa shape index (κ2) is 6.60. The largest absolute Gasteiger partial charge is 0.376 e. The highest BCUT2D eigenvalue weighted by Crippen LogP contribution is 2.23. The Morgan fingerprint density at radius 1 is 1.06 bits per heavy atom. The molecule has 0 aliphatic heterocycles. The van der Waals surface area contributed by atoms with E-state index in [2.05, 4.69) is 46.9 Å². The molecule has 0 spiro atoms. The van der Waals surface area contributed by atoms with Crippen molar-refractivity contribution in [3.63, 3.8) is 0 Å². The number of hydrogen-bond donors (Lipinski definition) is 0. The molecule has 0 heterocycles. The second-order valence-corrected chi connectivity index (χ2v) is 5.89. The van der Waals surface area contributed by atoms with Gasteiger partial charge in [-0.2, -0.15) is 0 Å². The maximum Gasteiger partial charge on any atom is 0.0717 e. The smallest absolute Gasteiger partial charge is 0.0717 e. The van der Waals surface area contributed by atoms with Gasteiger partial charge in [0.25, 0.3) is 0 Å². The Bertz CT molecular complexity index is 301. The molecule has 1 aliphatic carbocycles. The lowest BCUT2D eigenvalue weighted by atomic mass is 9.90. The molecule has 1 fully saturated rings.